The average molecular weight is 420 g/mol. The molecular weight excluding hydrogens is 408 g/mol. The quantitative estimate of drug-likeness (QED) is 0.689. The first-order valence-electron chi connectivity index (χ1n) is 7.68. The van der Waals surface area contributed by atoms with E-state index in [1.165, 1.54) is 10.7 Å². The maximum Gasteiger partial charge on any atom is 0.387 e. The second-order valence-electron chi connectivity index (χ2n) is 5.52. The Morgan fingerprint density at radius 1 is 1.12 bits per heavy atom. The van der Waals surface area contributed by atoms with Crippen molar-refractivity contribution in [3.05, 3.63) is 70.2 Å². The summed E-state index contributed by atoms with van der Waals surface area (Å²) in [5.41, 5.74) is 2.23. The van der Waals surface area contributed by atoms with Gasteiger partial charge in [-0.25, -0.2) is 0 Å². The molecular formula is C17H12BrF2N5O. The maximum absolute atomic E-state index is 12.8. The molecule has 1 atom stereocenters. The molecule has 1 N–H and O–H groups in total. The van der Waals surface area contributed by atoms with Crippen LogP contribution in [0.3, 0.4) is 0 Å². The minimum atomic E-state index is -2.92. The summed E-state index contributed by atoms with van der Waals surface area (Å²) in [6.45, 7) is -2.92. The highest BCUT2D eigenvalue weighted by molar-refractivity contribution is 9.10. The lowest BCUT2D eigenvalue weighted by molar-refractivity contribution is -0.0506. The smallest absolute Gasteiger partial charge is 0.387 e. The van der Waals surface area contributed by atoms with Crippen LogP contribution in [0.2, 0.25) is 0 Å². The molecule has 1 aromatic heterocycles. The van der Waals surface area contributed by atoms with Crippen molar-refractivity contribution < 1.29 is 13.5 Å². The molecule has 0 saturated heterocycles. The number of ether oxygens (including phenoxy) is 1. The van der Waals surface area contributed by atoms with Gasteiger partial charge in [-0.05, 0) is 40.3 Å². The Bertz CT molecular complexity index is 958. The molecule has 0 radical (unpaired) electrons. The first-order valence-corrected chi connectivity index (χ1v) is 8.47. The van der Waals surface area contributed by atoms with Crippen molar-refractivity contribution in [2.75, 3.05) is 5.32 Å². The summed E-state index contributed by atoms with van der Waals surface area (Å²) < 4.78 is 32.7. The fraction of sp³-hybridized carbons (Fsp3) is 0.118. The van der Waals surface area contributed by atoms with Crippen molar-refractivity contribution in [3.63, 3.8) is 0 Å². The molecule has 6 nitrogen and oxygen atoms in total. The second-order valence-corrected chi connectivity index (χ2v) is 6.44. The van der Waals surface area contributed by atoms with Crippen LogP contribution >= 0.6 is 15.9 Å². The number of allylic oxidation sites excluding steroid dienone is 1. The van der Waals surface area contributed by atoms with E-state index < -0.39 is 12.7 Å². The van der Waals surface area contributed by atoms with Gasteiger partial charge in [0.2, 0.25) is 5.95 Å². The lowest BCUT2D eigenvalue weighted by Crippen LogP contribution is -2.21. The summed E-state index contributed by atoms with van der Waals surface area (Å²) in [5, 5.41) is 14.8. The number of rotatable bonds is 4. The summed E-state index contributed by atoms with van der Waals surface area (Å²) in [4.78, 5) is 0. The molecule has 132 valence electrons. The highest BCUT2D eigenvalue weighted by atomic mass is 79.9. The van der Waals surface area contributed by atoms with E-state index in [0.717, 1.165) is 15.7 Å². The molecule has 0 saturated carbocycles. The van der Waals surface area contributed by atoms with Crippen LogP contribution in [0.15, 0.2) is 59.1 Å². The van der Waals surface area contributed by atoms with E-state index in [4.69, 9.17) is 0 Å². The molecule has 9 heteroatoms. The monoisotopic (exact) mass is 419 g/mol. The Morgan fingerprint density at radius 2 is 1.88 bits per heavy atom. The summed E-state index contributed by atoms with van der Waals surface area (Å²) in [5.74, 6) is 0.504. The van der Waals surface area contributed by atoms with Gasteiger partial charge in [-0.15, -0.1) is 0 Å². The van der Waals surface area contributed by atoms with Crippen LogP contribution in [0.4, 0.5) is 14.7 Å². The second kappa shape index (κ2) is 6.83. The minimum absolute atomic E-state index is 0.0854. The Morgan fingerprint density at radius 3 is 2.65 bits per heavy atom. The number of para-hydroxylation sites is 1. The molecule has 0 unspecified atom stereocenters. The predicted octanol–water partition coefficient (Wildman–Crippen LogP) is 4.09. The summed E-state index contributed by atoms with van der Waals surface area (Å²) in [6.07, 6.45) is 1.88. The molecule has 0 aliphatic carbocycles. The zero-order valence-corrected chi connectivity index (χ0v) is 14.8. The summed E-state index contributed by atoms with van der Waals surface area (Å²) >= 11 is 3.41. The van der Waals surface area contributed by atoms with Crippen molar-refractivity contribution >= 4 is 27.6 Å². The van der Waals surface area contributed by atoms with Gasteiger partial charge >= 0.3 is 6.61 Å². The van der Waals surface area contributed by atoms with Crippen LogP contribution in [-0.4, -0.2) is 26.8 Å². The molecule has 0 amide bonds. The van der Waals surface area contributed by atoms with Gasteiger partial charge in [-0.2, -0.15) is 13.5 Å². The van der Waals surface area contributed by atoms with Crippen LogP contribution in [0.5, 0.6) is 5.75 Å². The molecule has 3 aromatic rings. The lowest BCUT2D eigenvalue weighted by Gasteiger charge is -2.24. The largest absolute Gasteiger partial charge is 0.434 e. The lowest BCUT2D eigenvalue weighted by atomic mass is 10.0. The van der Waals surface area contributed by atoms with E-state index in [1.807, 2.05) is 30.3 Å². The van der Waals surface area contributed by atoms with Gasteiger partial charge in [0.1, 0.15) is 11.8 Å². The van der Waals surface area contributed by atoms with E-state index in [1.54, 1.807) is 18.2 Å². The highest BCUT2D eigenvalue weighted by Crippen LogP contribution is 2.36. The Kier molecular flexibility index (Phi) is 4.37. The van der Waals surface area contributed by atoms with Gasteiger partial charge < -0.3 is 10.1 Å². The first-order chi connectivity index (χ1) is 12.6. The Hall–Kier alpha value is -2.81. The Balaban J connectivity index is 1.81. The number of hydrogen-bond donors (Lipinski definition) is 1. The number of halogens is 3. The number of hydrogen-bond acceptors (Lipinski definition) is 5. The van der Waals surface area contributed by atoms with Crippen molar-refractivity contribution in [1.82, 2.24) is 20.2 Å². The van der Waals surface area contributed by atoms with Gasteiger partial charge in [-0.1, -0.05) is 51.4 Å². The van der Waals surface area contributed by atoms with Crippen LogP contribution in [0.25, 0.3) is 5.70 Å². The number of fused-ring (bicyclic) bond motifs is 1. The summed E-state index contributed by atoms with van der Waals surface area (Å²) in [6, 6.07) is 13.8. The number of nitrogens with one attached hydrogen (secondary N) is 1. The maximum atomic E-state index is 12.8. The molecule has 26 heavy (non-hydrogen) atoms. The first kappa shape index (κ1) is 16.6. The molecule has 4 rings (SSSR count). The molecule has 0 spiro atoms. The van der Waals surface area contributed by atoms with Gasteiger partial charge in [0.25, 0.3) is 0 Å². The average Bonchev–Trinajstić information content (AvgIpc) is 3.10. The number of anilines is 1. The third kappa shape index (κ3) is 3.17. The third-order valence-corrected chi connectivity index (χ3v) is 4.46. The van der Waals surface area contributed by atoms with E-state index in [-0.39, 0.29) is 5.75 Å². The fourth-order valence-corrected chi connectivity index (χ4v) is 3.07. The van der Waals surface area contributed by atoms with Gasteiger partial charge in [0.15, 0.2) is 0 Å². The standard InChI is InChI=1S/C17H12BrF2N5O/c18-11-7-5-10(6-8-11)13-9-14(25-17(21-13)22-23-24-25)12-3-1-2-4-15(12)26-16(19)20/h1-9,14,16H,(H,21,22,24)/t14-/m0/s1. The highest BCUT2D eigenvalue weighted by Gasteiger charge is 2.27. The van der Waals surface area contributed by atoms with Crippen LogP contribution in [0.1, 0.15) is 17.2 Å². The Labute approximate surface area is 155 Å². The molecule has 0 bridgehead atoms. The predicted molar refractivity (Wildman–Crippen MR) is 94.8 cm³/mol. The number of nitrogens with zero attached hydrogens (tertiary/aromatic N) is 4. The van der Waals surface area contributed by atoms with Crippen molar-refractivity contribution in [2.24, 2.45) is 0 Å². The van der Waals surface area contributed by atoms with Gasteiger partial charge in [0.05, 0.1) is 0 Å². The fourth-order valence-electron chi connectivity index (χ4n) is 2.80. The third-order valence-electron chi connectivity index (χ3n) is 3.94. The molecule has 0 fully saturated rings. The van der Waals surface area contributed by atoms with Crippen LogP contribution in [0, 0.1) is 0 Å². The van der Waals surface area contributed by atoms with E-state index >= 15 is 0 Å². The number of alkyl halides is 2. The molecule has 1 aliphatic rings. The van der Waals surface area contributed by atoms with Crippen LogP contribution in [-0.2, 0) is 0 Å². The number of aromatic nitrogens is 4. The SMILES string of the molecule is FC(F)Oc1ccccc1[C@@H]1C=C(c2ccc(Br)cc2)Nc2nnnn21. The van der Waals surface area contributed by atoms with E-state index in [0.29, 0.717) is 11.5 Å². The molecule has 2 heterocycles. The number of benzene rings is 2. The van der Waals surface area contributed by atoms with Crippen LogP contribution < -0.4 is 10.1 Å². The molecule has 2 aromatic carbocycles. The van der Waals surface area contributed by atoms with Crippen molar-refractivity contribution in [3.8, 4) is 5.75 Å². The van der Waals surface area contributed by atoms with Gasteiger partial charge in [0, 0.05) is 15.7 Å². The van der Waals surface area contributed by atoms with E-state index in [9.17, 15) is 8.78 Å². The molecule has 1 aliphatic heterocycles. The topological polar surface area (TPSA) is 64.9 Å². The zero-order chi connectivity index (χ0) is 18.1. The number of tetrazole rings is 1. The van der Waals surface area contributed by atoms with Gasteiger partial charge in [-0.3, -0.25) is 0 Å². The summed E-state index contributed by atoms with van der Waals surface area (Å²) in [7, 11) is 0. The minimum Gasteiger partial charge on any atom is -0.434 e. The van der Waals surface area contributed by atoms with Crippen molar-refractivity contribution in [2.45, 2.75) is 12.7 Å². The van der Waals surface area contributed by atoms with E-state index in [2.05, 4.69) is 41.5 Å². The normalized spacial score (nSPS) is 16.0. The van der Waals surface area contributed by atoms with Crippen molar-refractivity contribution in [1.29, 1.82) is 0 Å². The zero-order valence-electron chi connectivity index (χ0n) is 13.2.